The van der Waals surface area contributed by atoms with Gasteiger partial charge in [-0.25, -0.2) is 0 Å². The number of aromatic nitrogens is 1. The molecule has 0 aliphatic carbocycles. The maximum atomic E-state index is 8.97. The Morgan fingerprint density at radius 2 is 2.22 bits per heavy atom. The van der Waals surface area contributed by atoms with Crippen LogP contribution in [0.5, 0.6) is 5.75 Å². The Kier molecular flexibility index (Phi) is 1.53. The van der Waals surface area contributed by atoms with Gasteiger partial charge in [0.1, 0.15) is 10.4 Å². The second-order valence-corrected chi connectivity index (χ2v) is 2.27. The molecular formula is C6H7NOS. The second-order valence-electron chi connectivity index (χ2n) is 1.83. The summed E-state index contributed by atoms with van der Waals surface area (Å²) in [5, 5.41) is 8.97. The minimum atomic E-state index is 0.253. The fourth-order valence-corrected chi connectivity index (χ4v) is 0.791. The van der Waals surface area contributed by atoms with Crippen molar-refractivity contribution in [2.24, 2.45) is 0 Å². The van der Waals surface area contributed by atoms with Gasteiger partial charge in [-0.1, -0.05) is 12.2 Å². The van der Waals surface area contributed by atoms with Crippen LogP contribution in [0.2, 0.25) is 0 Å². The van der Waals surface area contributed by atoms with E-state index in [9.17, 15) is 0 Å². The Balaban J connectivity index is 3.34. The third-order valence-electron chi connectivity index (χ3n) is 1.09. The van der Waals surface area contributed by atoms with Gasteiger partial charge in [0.05, 0.1) is 5.69 Å². The third kappa shape index (κ3) is 1.29. The Bertz CT molecular complexity index is 266. The molecule has 0 aliphatic rings. The zero-order valence-corrected chi connectivity index (χ0v) is 5.83. The Morgan fingerprint density at radius 3 is 2.67 bits per heavy atom. The van der Waals surface area contributed by atoms with E-state index < -0.39 is 0 Å². The second kappa shape index (κ2) is 2.19. The standard InChI is InChI=1S/C6H7NOS/c1-4-5(8)2-3-6(9)7-4/h2-3,8H,1H3,(H,7,9). The zero-order valence-electron chi connectivity index (χ0n) is 5.01. The van der Waals surface area contributed by atoms with Crippen molar-refractivity contribution in [3.8, 4) is 5.75 Å². The van der Waals surface area contributed by atoms with E-state index in [-0.39, 0.29) is 5.75 Å². The lowest BCUT2D eigenvalue weighted by Crippen LogP contribution is -1.79. The van der Waals surface area contributed by atoms with E-state index in [1.807, 2.05) is 0 Å². The highest BCUT2D eigenvalue weighted by atomic mass is 32.1. The fraction of sp³-hybridized carbons (Fsp3) is 0.167. The van der Waals surface area contributed by atoms with Gasteiger partial charge in [0.25, 0.3) is 0 Å². The molecule has 2 N–H and O–H groups in total. The lowest BCUT2D eigenvalue weighted by atomic mass is 10.3. The number of aromatic hydroxyl groups is 1. The van der Waals surface area contributed by atoms with Crippen LogP contribution in [0.4, 0.5) is 0 Å². The average Bonchev–Trinajstić information content (AvgIpc) is 1.80. The molecule has 48 valence electrons. The zero-order chi connectivity index (χ0) is 6.85. The largest absolute Gasteiger partial charge is 0.506 e. The van der Waals surface area contributed by atoms with Crippen LogP contribution in [-0.2, 0) is 0 Å². The van der Waals surface area contributed by atoms with Crippen molar-refractivity contribution >= 4 is 12.2 Å². The number of rotatable bonds is 0. The van der Waals surface area contributed by atoms with Crippen LogP contribution >= 0.6 is 12.2 Å². The molecule has 0 aromatic carbocycles. The summed E-state index contributed by atoms with van der Waals surface area (Å²) in [6.45, 7) is 1.77. The SMILES string of the molecule is Cc1[nH]c(=S)ccc1O. The van der Waals surface area contributed by atoms with Gasteiger partial charge in [0, 0.05) is 0 Å². The molecule has 0 bridgehead atoms. The Morgan fingerprint density at radius 1 is 1.56 bits per heavy atom. The molecular weight excluding hydrogens is 134 g/mol. The summed E-state index contributed by atoms with van der Waals surface area (Å²) in [6, 6.07) is 3.23. The van der Waals surface area contributed by atoms with E-state index in [1.54, 1.807) is 19.1 Å². The molecule has 0 saturated heterocycles. The van der Waals surface area contributed by atoms with Crippen molar-refractivity contribution in [3.63, 3.8) is 0 Å². The fourth-order valence-electron chi connectivity index (χ4n) is 0.570. The molecule has 1 aromatic rings. The van der Waals surface area contributed by atoms with Crippen LogP contribution in [0, 0.1) is 11.6 Å². The quantitative estimate of drug-likeness (QED) is 0.540. The molecule has 1 aromatic heterocycles. The van der Waals surface area contributed by atoms with Crippen molar-refractivity contribution in [1.29, 1.82) is 0 Å². The minimum Gasteiger partial charge on any atom is -0.506 e. The van der Waals surface area contributed by atoms with Crippen LogP contribution in [0.15, 0.2) is 12.1 Å². The molecule has 0 unspecified atom stereocenters. The van der Waals surface area contributed by atoms with Gasteiger partial charge in [-0.2, -0.15) is 0 Å². The van der Waals surface area contributed by atoms with Gasteiger partial charge in [-0.05, 0) is 19.1 Å². The van der Waals surface area contributed by atoms with Crippen LogP contribution < -0.4 is 0 Å². The van der Waals surface area contributed by atoms with Crippen LogP contribution in [0.1, 0.15) is 5.69 Å². The monoisotopic (exact) mass is 141 g/mol. The summed E-state index contributed by atoms with van der Waals surface area (Å²) < 4.78 is 0.644. The van der Waals surface area contributed by atoms with Crippen LogP contribution in [0.3, 0.4) is 0 Å². The summed E-state index contributed by atoms with van der Waals surface area (Å²) in [4.78, 5) is 2.80. The Labute approximate surface area is 58.2 Å². The number of nitrogens with one attached hydrogen (secondary N) is 1. The van der Waals surface area contributed by atoms with E-state index in [4.69, 9.17) is 17.3 Å². The summed E-state index contributed by atoms with van der Waals surface area (Å²) >= 11 is 4.79. The lowest BCUT2D eigenvalue weighted by Gasteiger charge is -1.94. The molecule has 0 fully saturated rings. The predicted octanol–water partition coefficient (Wildman–Crippen LogP) is 1.76. The van der Waals surface area contributed by atoms with Crippen molar-refractivity contribution in [2.75, 3.05) is 0 Å². The van der Waals surface area contributed by atoms with Gasteiger partial charge in [-0.15, -0.1) is 0 Å². The smallest absolute Gasteiger partial charge is 0.134 e. The topological polar surface area (TPSA) is 36.0 Å². The molecule has 0 saturated carbocycles. The average molecular weight is 141 g/mol. The van der Waals surface area contributed by atoms with Gasteiger partial charge < -0.3 is 10.1 Å². The molecule has 0 radical (unpaired) electrons. The van der Waals surface area contributed by atoms with E-state index >= 15 is 0 Å². The number of aryl methyl sites for hydroxylation is 1. The molecule has 0 spiro atoms. The highest BCUT2D eigenvalue weighted by molar-refractivity contribution is 7.71. The molecule has 1 heterocycles. The van der Waals surface area contributed by atoms with Crippen molar-refractivity contribution in [3.05, 3.63) is 22.5 Å². The van der Waals surface area contributed by atoms with Gasteiger partial charge in [0.2, 0.25) is 0 Å². The summed E-state index contributed by atoms with van der Waals surface area (Å²) in [5.74, 6) is 0.253. The minimum absolute atomic E-state index is 0.253. The molecule has 2 nitrogen and oxygen atoms in total. The summed E-state index contributed by atoms with van der Waals surface area (Å²) in [6.07, 6.45) is 0. The highest BCUT2D eigenvalue weighted by Crippen LogP contribution is 2.10. The summed E-state index contributed by atoms with van der Waals surface area (Å²) in [5.41, 5.74) is 0.711. The lowest BCUT2D eigenvalue weighted by molar-refractivity contribution is 0.467. The number of pyridine rings is 1. The first-order valence-electron chi connectivity index (χ1n) is 2.59. The molecule has 1 rings (SSSR count). The molecule has 0 atom stereocenters. The maximum absolute atomic E-state index is 8.97. The first-order valence-corrected chi connectivity index (χ1v) is 3.00. The number of aromatic amines is 1. The third-order valence-corrected chi connectivity index (χ3v) is 1.33. The first-order chi connectivity index (χ1) is 4.20. The van der Waals surface area contributed by atoms with Crippen molar-refractivity contribution in [2.45, 2.75) is 6.92 Å². The first kappa shape index (κ1) is 6.29. The number of hydrogen-bond acceptors (Lipinski definition) is 2. The molecule has 9 heavy (non-hydrogen) atoms. The Hall–Kier alpha value is -0.830. The molecule has 0 amide bonds. The highest BCUT2D eigenvalue weighted by Gasteiger charge is 1.89. The number of H-pyrrole nitrogens is 1. The van der Waals surface area contributed by atoms with Gasteiger partial charge >= 0.3 is 0 Å². The normalized spacial score (nSPS) is 9.44. The van der Waals surface area contributed by atoms with Crippen molar-refractivity contribution < 1.29 is 5.11 Å². The van der Waals surface area contributed by atoms with E-state index in [0.29, 0.717) is 10.3 Å². The molecule has 3 heteroatoms. The summed E-state index contributed by atoms with van der Waals surface area (Å²) in [7, 11) is 0. The maximum Gasteiger partial charge on any atom is 0.134 e. The van der Waals surface area contributed by atoms with E-state index in [1.165, 1.54) is 0 Å². The van der Waals surface area contributed by atoms with E-state index in [2.05, 4.69) is 4.98 Å². The van der Waals surface area contributed by atoms with E-state index in [0.717, 1.165) is 0 Å². The predicted molar refractivity (Wildman–Crippen MR) is 38.0 cm³/mol. The van der Waals surface area contributed by atoms with Gasteiger partial charge in [0.15, 0.2) is 0 Å². The van der Waals surface area contributed by atoms with Crippen LogP contribution in [-0.4, -0.2) is 10.1 Å². The molecule has 0 aliphatic heterocycles. The van der Waals surface area contributed by atoms with Gasteiger partial charge in [-0.3, -0.25) is 0 Å². The number of hydrogen-bond donors (Lipinski definition) is 2. The van der Waals surface area contributed by atoms with Crippen molar-refractivity contribution in [1.82, 2.24) is 4.98 Å². The van der Waals surface area contributed by atoms with Crippen LogP contribution in [0.25, 0.3) is 0 Å².